The Balaban J connectivity index is 1.73. The van der Waals surface area contributed by atoms with E-state index in [1.807, 2.05) is 30.3 Å². The summed E-state index contributed by atoms with van der Waals surface area (Å²) in [6.07, 6.45) is 1.59. The topological polar surface area (TPSA) is 58.0 Å². The Labute approximate surface area is 122 Å². The fraction of sp³-hybridized carbons (Fsp3) is 0.333. The molecule has 1 saturated carbocycles. The molecule has 0 radical (unpaired) electrons. The van der Waals surface area contributed by atoms with E-state index < -0.39 is 0 Å². The molecular weight excluding hydrogens is 274 g/mol. The molecule has 0 bridgehead atoms. The molecule has 1 aromatic heterocycles. The summed E-state index contributed by atoms with van der Waals surface area (Å²) in [5, 5.41) is 13.0. The van der Waals surface area contributed by atoms with Gasteiger partial charge in [-0.2, -0.15) is 0 Å². The second-order valence-electron chi connectivity index (χ2n) is 5.14. The molecule has 104 valence electrons. The van der Waals surface area contributed by atoms with Crippen LogP contribution in [0.25, 0.3) is 11.4 Å². The van der Waals surface area contributed by atoms with Crippen LogP contribution >= 0.6 is 11.6 Å². The molecule has 0 unspecified atom stereocenters. The lowest BCUT2D eigenvalue weighted by Gasteiger charge is -2.31. The van der Waals surface area contributed by atoms with E-state index in [0.29, 0.717) is 16.9 Å². The Kier molecular flexibility index (Phi) is 3.85. The van der Waals surface area contributed by atoms with Gasteiger partial charge in [-0.3, -0.25) is 0 Å². The molecular formula is C15H16ClN3O. The van der Waals surface area contributed by atoms with Gasteiger partial charge in [0.2, 0.25) is 0 Å². The zero-order chi connectivity index (χ0) is 13.9. The third kappa shape index (κ3) is 3.08. The van der Waals surface area contributed by atoms with Crippen molar-refractivity contribution in [1.82, 2.24) is 9.97 Å². The Hall–Kier alpha value is -1.65. The fourth-order valence-corrected chi connectivity index (χ4v) is 2.52. The first-order valence-corrected chi connectivity index (χ1v) is 7.10. The van der Waals surface area contributed by atoms with Gasteiger partial charge in [0.15, 0.2) is 5.82 Å². The van der Waals surface area contributed by atoms with Crippen molar-refractivity contribution in [3.8, 4) is 11.4 Å². The molecule has 4 nitrogen and oxygen atoms in total. The maximum atomic E-state index is 9.28. The average molecular weight is 290 g/mol. The van der Waals surface area contributed by atoms with Crippen LogP contribution < -0.4 is 5.32 Å². The summed E-state index contributed by atoms with van der Waals surface area (Å²) in [5.41, 5.74) is 0.942. The molecule has 3 rings (SSSR count). The van der Waals surface area contributed by atoms with Gasteiger partial charge >= 0.3 is 0 Å². The Morgan fingerprint density at radius 3 is 2.65 bits per heavy atom. The van der Waals surface area contributed by atoms with Crippen LogP contribution in [-0.4, -0.2) is 27.7 Å². The number of anilines is 1. The number of hydrogen-bond acceptors (Lipinski definition) is 4. The zero-order valence-corrected chi connectivity index (χ0v) is 11.7. The molecule has 2 N–H and O–H groups in total. The van der Waals surface area contributed by atoms with Crippen molar-refractivity contribution in [2.24, 2.45) is 5.92 Å². The number of halogens is 1. The molecule has 0 amide bonds. The van der Waals surface area contributed by atoms with Gasteiger partial charge < -0.3 is 10.4 Å². The van der Waals surface area contributed by atoms with Gasteiger partial charge in [0.05, 0.1) is 6.10 Å². The number of aliphatic hydroxyl groups excluding tert-OH is 1. The fourth-order valence-electron chi connectivity index (χ4n) is 2.34. The maximum Gasteiger partial charge on any atom is 0.163 e. The number of nitrogens with one attached hydrogen (secondary N) is 1. The third-order valence-corrected chi connectivity index (χ3v) is 3.70. The molecule has 1 aromatic carbocycles. The summed E-state index contributed by atoms with van der Waals surface area (Å²) in [6.45, 7) is 0.804. The van der Waals surface area contributed by atoms with Crippen LogP contribution in [0.3, 0.4) is 0 Å². The van der Waals surface area contributed by atoms with Crippen LogP contribution in [0.4, 0.5) is 5.82 Å². The molecule has 0 atom stereocenters. The van der Waals surface area contributed by atoms with E-state index in [4.69, 9.17) is 11.6 Å². The molecule has 20 heavy (non-hydrogen) atoms. The lowest BCUT2D eigenvalue weighted by Crippen LogP contribution is -2.33. The first kappa shape index (κ1) is 13.3. The largest absolute Gasteiger partial charge is 0.393 e. The highest BCUT2D eigenvalue weighted by atomic mass is 35.5. The average Bonchev–Trinajstić information content (AvgIpc) is 2.43. The van der Waals surface area contributed by atoms with Gasteiger partial charge in [-0.05, 0) is 18.8 Å². The first-order valence-electron chi connectivity index (χ1n) is 6.72. The molecule has 1 fully saturated rings. The SMILES string of the molecule is OC1CC(CNc2cc(Cl)nc(-c3ccccc3)n2)C1. The van der Waals surface area contributed by atoms with Crippen LogP contribution in [0.2, 0.25) is 5.15 Å². The minimum absolute atomic E-state index is 0.129. The van der Waals surface area contributed by atoms with Crippen molar-refractivity contribution < 1.29 is 5.11 Å². The highest BCUT2D eigenvalue weighted by Crippen LogP contribution is 2.27. The summed E-state index contributed by atoms with van der Waals surface area (Å²) in [5.74, 6) is 1.86. The first-order chi connectivity index (χ1) is 9.70. The van der Waals surface area contributed by atoms with Gasteiger partial charge in [0.1, 0.15) is 11.0 Å². The summed E-state index contributed by atoms with van der Waals surface area (Å²) >= 11 is 6.06. The van der Waals surface area contributed by atoms with E-state index in [9.17, 15) is 5.11 Å². The maximum absolute atomic E-state index is 9.28. The number of rotatable bonds is 4. The normalized spacial score (nSPS) is 21.3. The number of hydrogen-bond donors (Lipinski definition) is 2. The molecule has 0 spiro atoms. The minimum Gasteiger partial charge on any atom is -0.393 e. The molecule has 0 saturated heterocycles. The third-order valence-electron chi connectivity index (χ3n) is 3.51. The van der Waals surface area contributed by atoms with E-state index >= 15 is 0 Å². The lowest BCUT2D eigenvalue weighted by molar-refractivity contribution is 0.0486. The van der Waals surface area contributed by atoms with Crippen LogP contribution in [0, 0.1) is 5.92 Å². The van der Waals surface area contributed by atoms with Crippen LogP contribution in [0.5, 0.6) is 0 Å². The molecule has 1 aliphatic carbocycles. The highest BCUT2D eigenvalue weighted by molar-refractivity contribution is 6.29. The quantitative estimate of drug-likeness (QED) is 0.850. The van der Waals surface area contributed by atoms with Crippen molar-refractivity contribution in [2.45, 2.75) is 18.9 Å². The zero-order valence-electron chi connectivity index (χ0n) is 11.0. The minimum atomic E-state index is -0.129. The van der Waals surface area contributed by atoms with Gasteiger partial charge in [-0.15, -0.1) is 0 Å². The van der Waals surface area contributed by atoms with Crippen molar-refractivity contribution in [1.29, 1.82) is 0 Å². The van der Waals surface area contributed by atoms with E-state index in [1.165, 1.54) is 0 Å². The molecule has 1 heterocycles. The van der Waals surface area contributed by atoms with Crippen molar-refractivity contribution in [2.75, 3.05) is 11.9 Å². The molecule has 1 aliphatic rings. The van der Waals surface area contributed by atoms with E-state index in [1.54, 1.807) is 6.07 Å². The number of aliphatic hydroxyl groups is 1. The standard InChI is InChI=1S/C15H16ClN3O/c16-13-8-14(17-9-10-6-12(20)7-10)19-15(18-13)11-4-2-1-3-5-11/h1-5,8,10,12,20H,6-7,9H2,(H,17,18,19). The van der Waals surface area contributed by atoms with E-state index in [-0.39, 0.29) is 6.10 Å². The summed E-state index contributed by atoms with van der Waals surface area (Å²) in [7, 11) is 0. The second kappa shape index (κ2) is 5.77. The number of nitrogens with zero attached hydrogens (tertiary/aromatic N) is 2. The second-order valence-corrected chi connectivity index (χ2v) is 5.52. The number of aromatic nitrogens is 2. The monoisotopic (exact) mass is 289 g/mol. The van der Waals surface area contributed by atoms with Crippen LogP contribution in [0.15, 0.2) is 36.4 Å². The number of benzene rings is 1. The van der Waals surface area contributed by atoms with Crippen molar-refractivity contribution in [3.63, 3.8) is 0 Å². The highest BCUT2D eigenvalue weighted by Gasteiger charge is 2.26. The van der Waals surface area contributed by atoms with Crippen molar-refractivity contribution >= 4 is 17.4 Å². The molecule has 2 aromatic rings. The van der Waals surface area contributed by atoms with Gasteiger partial charge in [-0.25, -0.2) is 9.97 Å². The Morgan fingerprint density at radius 1 is 1.20 bits per heavy atom. The smallest absolute Gasteiger partial charge is 0.163 e. The Morgan fingerprint density at radius 2 is 1.95 bits per heavy atom. The van der Waals surface area contributed by atoms with Gasteiger partial charge in [0, 0.05) is 18.2 Å². The predicted molar refractivity (Wildman–Crippen MR) is 79.7 cm³/mol. The van der Waals surface area contributed by atoms with E-state index in [2.05, 4.69) is 15.3 Å². The van der Waals surface area contributed by atoms with E-state index in [0.717, 1.165) is 30.8 Å². The lowest BCUT2D eigenvalue weighted by atomic mass is 9.82. The Bertz CT molecular complexity index is 585. The summed E-state index contributed by atoms with van der Waals surface area (Å²) < 4.78 is 0. The van der Waals surface area contributed by atoms with Crippen LogP contribution in [-0.2, 0) is 0 Å². The van der Waals surface area contributed by atoms with Crippen molar-refractivity contribution in [3.05, 3.63) is 41.6 Å². The van der Waals surface area contributed by atoms with Crippen LogP contribution in [0.1, 0.15) is 12.8 Å². The summed E-state index contributed by atoms with van der Waals surface area (Å²) in [4.78, 5) is 8.74. The summed E-state index contributed by atoms with van der Waals surface area (Å²) in [6, 6.07) is 11.5. The molecule has 5 heteroatoms. The van der Waals surface area contributed by atoms with Gasteiger partial charge in [0.25, 0.3) is 0 Å². The predicted octanol–water partition coefficient (Wildman–Crippen LogP) is 2.98. The van der Waals surface area contributed by atoms with Gasteiger partial charge in [-0.1, -0.05) is 41.9 Å². The molecule has 0 aliphatic heterocycles.